The lowest BCUT2D eigenvalue weighted by molar-refractivity contribution is 0.117. The first-order chi connectivity index (χ1) is 11.7. The smallest absolute Gasteiger partial charge is 0.247 e. The number of hydrogen-bond donors (Lipinski definition) is 2. The SMILES string of the molecule is COc1ccc(OC)c(S(=O)(=O)N(CCO)[C@H]2CS(=O)(=O)C[C@H]2O)c1. The molecule has 1 fully saturated rings. The van der Waals surface area contributed by atoms with Gasteiger partial charge in [0, 0.05) is 12.6 Å². The van der Waals surface area contributed by atoms with Crippen LogP contribution in [0.25, 0.3) is 0 Å². The first kappa shape index (κ1) is 19.9. The first-order valence-corrected chi connectivity index (χ1v) is 10.7. The highest BCUT2D eigenvalue weighted by molar-refractivity contribution is 7.92. The maximum Gasteiger partial charge on any atom is 0.247 e. The molecule has 0 unspecified atom stereocenters. The van der Waals surface area contributed by atoms with Crippen molar-refractivity contribution < 1.29 is 36.5 Å². The molecule has 1 heterocycles. The van der Waals surface area contributed by atoms with E-state index < -0.39 is 50.1 Å². The summed E-state index contributed by atoms with van der Waals surface area (Å²) in [6, 6.07) is 2.99. The standard InChI is InChI=1S/C14H21NO8S2/c1-22-10-3-4-13(23-2)14(7-10)25(20,21)15(5-6-16)11-8-24(18,19)9-12(11)17/h3-4,7,11-12,16-17H,5-6,8-9H2,1-2H3/t11-,12+/m0/s1. The number of aliphatic hydroxyl groups is 2. The van der Waals surface area contributed by atoms with Crippen LogP contribution >= 0.6 is 0 Å². The molecule has 2 N–H and O–H groups in total. The second kappa shape index (κ2) is 7.46. The van der Waals surface area contributed by atoms with E-state index in [0.717, 1.165) is 4.31 Å². The van der Waals surface area contributed by atoms with Gasteiger partial charge in [-0.3, -0.25) is 0 Å². The minimum atomic E-state index is -4.26. The second-order valence-electron chi connectivity index (χ2n) is 5.57. The average molecular weight is 395 g/mol. The number of ether oxygens (including phenoxy) is 2. The Morgan fingerprint density at radius 1 is 1.24 bits per heavy atom. The Kier molecular flexibility index (Phi) is 5.94. The van der Waals surface area contributed by atoms with E-state index in [0.29, 0.717) is 0 Å². The number of rotatable bonds is 7. The Morgan fingerprint density at radius 2 is 1.92 bits per heavy atom. The molecule has 25 heavy (non-hydrogen) atoms. The fourth-order valence-corrected chi connectivity index (χ4v) is 6.47. The van der Waals surface area contributed by atoms with Crippen LogP contribution in [0.5, 0.6) is 11.5 Å². The van der Waals surface area contributed by atoms with E-state index in [2.05, 4.69) is 0 Å². The molecule has 1 aliphatic heterocycles. The van der Waals surface area contributed by atoms with E-state index in [1.165, 1.54) is 32.4 Å². The number of sulfonamides is 1. The predicted molar refractivity (Wildman–Crippen MR) is 89.0 cm³/mol. The van der Waals surface area contributed by atoms with Gasteiger partial charge in [-0.1, -0.05) is 0 Å². The molecule has 11 heteroatoms. The number of hydrogen-bond acceptors (Lipinski definition) is 8. The fraction of sp³-hybridized carbons (Fsp3) is 0.571. The van der Waals surface area contributed by atoms with Crippen molar-refractivity contribution in [2.45, 2.75) is 17.0 Å². The topological polar surface area (TPSA) is 130 Å². The number of sulfone groups is 1. The van der Waals surface area contributed by atoms with Crippen LogP contribution in [0.2, 0.25) is 0 Å². The summed E-state index contributed by atoms with van der Waals surface area (Å²) in [4.78, 5) is -0.237. The molecule has 1 aliphatic rings. The fourth-order valence-electron chi connectivity index (χ4n) is 2.76. The highest BCUT2D eigenvalue weighted by Gasteiger charge is 2.45. The van der Waals surface area contributed by atoms with Crippen molar-refractivity contribution in [3.8, 4) is 11.5 Å². The van der Waals surface area contributed by atoms with E-state index in [1.54, 1.807) is 0 Å². The quantitative estimate of drug-likeness (QED) is 0.591. The van der Waals surface area contributed by atoms with Gasteiger partial charge in [0.1, 0.15) is 16.4 Å². The lowest BCUT2D eigenvalue weighted by Gasteiger charge is -2.29. The van der Waals surface area contributed by atoms with E-state index in [1.807, 2.05) is 0 Å². The molecule has 0 spiro atoms. The maximum atomic E-state index is 13.1. The number of methoxy groups -OCH3 is 2. The zero-order valence-corrected chi connectivity index (χ0v) is 15.5. The molecule has 142 valence electrons. The van der Waals surface area contributed by atoms with Crippen LogP contribution in [0.1, 0.15) is 0 Å². The van der Waals surface area contributed by atoms with Gasteiger partial charge in [0.25, 0.3) is 0 Å². The highest BCUT2D eigenvalue weighted by Crippen LogP contribution is 2.33. The minimum absolute atomic E-state index is 0.0408. The van der Waals surface area contributed by atoms with Gasteiger partial charge in [-0.05, 0) is 12.1 Å². The molecule has 0 radical (unpaired) electrons. The molecule has 2 atom stereocenters. The van der Waals surface area contributed by atoms with Crippen molar-refractivity contribution in [2.24, 2.45) is 0 Å². The molecule has 0 aromatic heterocycles. The molecule has 1 aromatic rings. The molecule has 2 rings (SSSR count). The van der Waals surface area contributed by atoms with Gasteiger partial charge >= 0.3 is 0 Å². The number of benzene rings is 1. The van der Waals surface area contributed by atoms with E-state index in [-0.39, 0.29) is 22.9 Å². The van der Waals surface area contributed by atoms with Gasteiger partial charge < -0.3 is 19.7 Å². The van der Waals surface area contributed by atoms with E-state index in [9.17, 15) is 27.0 Å². The first-order valence-electron chi connectivity index (χ1n) is 7.39. The highest BCUT2D eigenvalue weighted by atomic mass is 32.2. The molecule has 0 bridgehead atoms. The third kappa shape index (κ3) is 4.06. The van der Waals surface area contributed by atoms with Crippen molar-refractivity contribution in [2.75, 3.05) is 38.9 Å². The van der Waals surface area contributed by atoms with Gasteiger partial charge in [-0.15, -0.1) is 0 Å². The summed E-state index contributed by atoms with van der Waals surface area (Å²) < 4.78 is 60.6. The van der Waals surface area contributed by atoms with Crippen molar-refractivity contribution in [3.05, 3.63) is 18.2 Å². The van der Waals surface area contributed by atoms with Crippen molar-refractivity contribution in [1.82, 2.24) is 4.31 Å². The lowest BCUT2D eigenvalue weighted by Crippen LogP contribution is -2.47. The summed E-state index contributed by atoms with van der Waals surface area (Å²) >= 11 is 0. The van der Waals surface area contributed by atoms with Crippen LogP contribution in [0, 0.1) is 0 Å². The van der Waals surface area contributed by atoms with Crippen molar-refractivity contribution >= 4 is 19.9 Å². The molecule has 0 aliphatic carbocycles. The van der Waals surface area contributed by atoms with Gasteiger partial charge in [-0.25, -0.2) is 16.8 Å². The Balaban J connectivity index is 2.54. The van der Waals surface area contributed by atoms with E-state index in [4.69, 9.17) is 9.47 Å². The third-order valence-electron chi connectivity index (χ3n) is 3.94. The zero-order valence-electron chi connectivity index (χ0n) is 13.8. The van der Waals surface area contributed by atoms with Crippen LogP contribution in [0.15, 0.2) is 23.1 Å². The molecular weight excluding hydrogens is 374 g/mol. The summed E-state index contributed by atoms with van der Waals surface area (Å²) in [5.74, 6) is -0.730. The summed E-state index contributed by atoms with van der Waals surface area (Å²) in [7, 11) is -5.16. The largest absolute Gasteiger partial charge is 0.497 e. The third-order valence-corrected chi connectivity index (χ3v) is 7.59. The normalized spacial score (nSPS) is 22.9. The Labute approximate surface area is 146 Å². The molecule has 1 aromatic carbocycles. The summed E-state index contributed by atoms with van der Waals surface area (Å²) in [6.45, 7) is -0.894. The average Bonchev–Trinajstić information content (AvgIpc) is 2.84. The Hall–Kier alpha value is -1.40. The molecule has 0 amide bonds. The number of aliphatic hydroxyl groups excluding tert-OH is 2. The summed E-state index contributed by atoms with van der Waals surface area (Å²) in [5, 5.41) is 19.3. The number of nitrogens with zero attached hydrogens (tertiary/aromatic N) is 1. The summed E-state index contributed by atoms with van der Waals surface area (Å²) in [5.41, 5.74) is 0. The monoisotopic (exact) mass is 395 g/mol. The zero-order chi connectivity index (χ0) is 18.8. The van der Waals surface area contributed by atoms with Crippen molar-refractivity contribution in [1.29, 1.82) is 0 Å². The van der Waals surface area contributed by atoms with Crippen LogP contribution in [-0.2, 0) is 19.9 Å². The minimum Gasteiger partial charge on any atom is -0.497 e. The Morgan fingerprint density at radius 3 is 2.40 bits per heavy atom. The van der Waals surface area contributed by atoms with Crippen LogP contribution in [-0.4, -0.2) is 82.4 Å². The van der Waals surface area contributed by atoms with Crippen molar-refractivity contribution in [3.63, 3.8) is 0 Å². The van der Waals surface area contributed by atoms with Crippen LogP contribution in [0.4, 0.5) is 0 Å². The van der Waals surface area contributed by atoms with Gasteiger partial charge in [0.15, 0.2) is 9.84 Å². The van der Waals surface area contributed by atoms with Crippen LogP contribution in [0.3, 0.4) is 0 Å². The van der Waals surface area contributed by atoms with Crippen LogP contribution < -0.4 is 9.47 Å². The van der Waals surface area contributed by atoms with Gasteiger partial charge in [0.05, 0.1) is 44.5 Å². The molecule has 9 nitrogen and oxygen atoms in total. The van der Waals surface area contributed by atoms with Gasteiger partial charge in [0.2, 0.25) is 10.0 Å². The predicted octanol–water partition coefficient (Wildman–Crippen LogP) is -1.16. The van der Waals surface area contributed by atoms with Gasteiger partial charge in [-0.2, -0.15) is 4.31 Å². The maximum absolute atomic E-state index is 13.1. The molecular formula is C14H21NO8S2. The van der Waals surface area contributed by atoms with E-state index >= 15 is 0 Å². The summed E-state index contributed by atoms with van der Waals surface area (Å²) in [6.07, 6.45) is -1.37. The Bertz CT molecular complexity index is 821. The molecule has 1 saturated heterocycles. The second-order valence-corrected chi connectivity index (χ2v) is 9.58. The molecule has 0 saturated carbocycles. The lowest BCUT2D eigenvalue weighted by atomic mass is 10.2.